The first kappa shape index (κ1) is 9.17. The Morgan fingerprint density at radius 2 is 2.25 bits per heavy atom. The second-order valence-electron chi connectivity index (χ2n) is 3.50. The SMILES string of the molecule is CC1=CCC(C(C)C=O)C1C=O. The molecule has 0 radical (unpaired) electrons. The number of aldehydes is 2. The molecule has 0 heterocycles. The maximum absolute atomic E-state index is 10.7. The van der Waals surface area contributed by atoms with E-state index in [0.29, 0.717) is 0 Å². The summed E-state index contributed by atoms with van der Waals surface area (Å²) in [6, 6.07) is 0. The van der Waals surface area contributed by atoms with Crippen molar-refractivity contribution in [2.24, 2.45) is 17.8 Å². The van der Waals surface area contributed by atoms with E-state index < -0.39 is 0 Å². The van der Waals surface area contributed by atoms with Gasteiger partial charge in [0, 0.05) is 11.8 Å². The molecule has 12 heavy (non-hydrogen) atoms. The van der Waals surface area contributed by atoms with Crippen LogP contribution in [0, 0.1) is 17.8 Å². The van der Waals surface area contributed by atoms with Gasteiger partial charge in [-0.25, -0.2) is 0 Å². The number of hydrogen-bond acceptors (Lipinski definition) is 2. The van der Waals surface area contributed by atoms with Gasteiger partial charge in [0.25, 0.3) is 0 Å². The van der Waals surface area contributed by atoms with Crippen LogP contribution in [0.5, 0.6) is 0 Å². The van der Waals surface area contributed by atoms with Gasteiger partial charge in [-0.2, -0.15) is 0 Å². The van der Waals surface area contributed by atoms with E-state index in [9.17, 15) is 9.59 Å². The van der Waals surface area contributed by atoms with Crippen LogP contribution in [0.3, 0.4) is 0 Å². The highest BCUT2D eigenvalue weighted by Crippen LogP contribution is 2.34. The summed E-state index contributed by atoms with van der Waals surface area (Å²) in [7, 11) is 0. The molecule has 3 atom stereocenters. The summed E-state index contributed by atoms with van der Waals surface area (Å²) >= 11 is 0. The summed E-state index contributed by atoms with van der Waals surface area (Å²) < 4.78 is 0. The van der Waals surface area contributed by atoms with E-state index in [2.05, 4.69) is 6.08 Å². The number of allylic oxidation sites excluding steroid dienone is 2. The van der Waals surface area contributed by atoms with Crippen LogP contribution in [0.1, 0.15) is 20.3 Å². The van der Waals surface area contributed by atoms with Gasteiger partial charge in [0.1, 0.15) is 12.6 Å². The van der Waals surface area contributed by atoms with Crippen LogP contribution in [0.25, 0.3) is 0 Å². The lowest BCUT2D eigenvalue weighted by Crippen LogP contribution is -2.20. The number of carbonyl (C=O) groups excluding carboxylic acids is 2. The van der Waals surface area contributed by atoms with Gasteiger partial charge >= 0.3 is 0 Å². The summed E-state index contributed by atoms with van der Waals surface area (Å²) in [5.74, 6) is 0.180. The molecule has 0 N–H and O–H groups in total. The molecule has 0 aromatic carbocycles. The van der Waals surface area contributed by atoms with Crippen molar-refractivity contribution in [3.05, 3.63) is 11.6 Å². The molecule has 0 fully saturated rings. The number of hydrogen-bond donors (Lipinski definition) is 0. The van der Waals surface area contributed by atoms with Gasteiger partial charge < -0.3 is 9.59 Å². The first-order valence-corrected chi connectivity index (χ1v) is 4.28. The van der Waals surface area contributed by atoms with Gasteiger partial charge in [0.05, 0.1) is 0 Å². The van der Waals surface area contributed by atoms with E-state index in [-0.39, 0.29) is 17.8 Å². The molecule has 0 bridgehead atoms. The molecule has 0 spiro atoms. The number of carbonyl (C=O) groups is 2. The largest absolute Gasteiger partial charge is 0.303 e. The van der Waals surface area contributed by atoms with Gasteiger partial charge in [0.2, 0.25) is 0 Å². The minimum atomic E-state index is -0.0230. The fourth-order valence-corrected chi connectivity index (χ4v) is 1.79. The molecule has 3 unspecified atom stereocenters. The molecule has 2 nitrogen and oxygen atoms in total. The summed E-state index contributed by atoms with van der Waals surface area (Å²) in [5.41, 5.74) is 1.11. The Bertz CT molecular complexity index is 218. The zero-order valence-electron chi connectivity index (χ0n) is 7.49. The van der Waals surface area contributed by atoms with Gasteiger partial charge in [-0.15, -0.1) is 0 Å². The highest BCUT2D eigenvalue weighted by atomic mass is 16.1. The molecule has 0 aliphatic heterocycles. The minimum absolute atomic E-state index is 0.00565. The summed E-state index contributed by atoms with van der Waals surface area (Å²) in [6.45, 7) is 3.83. The summed E-state index contributed by atoms with van der Waals surface area (Å²) in [4.78, 5) is 21.2. The fraction of sp³-hybridized carbons (Fsp3) is 0.600. The average Bonchev–Trinajstić information content (AvgIpc) is 2.45. The molecule has 0 aromatic rings. The first-order chi connectivity index (χ1) is 5.70. The standard InChI is InChI=1S/C10H14O2/c1-7-3-4-9(8(2)5-11)10(7)6-12/h3,5-6,8-10H,4H2,1-2H3. The molecule has 0 saturated heterocycles. The Labute approximate surface area is 72.7 Å². The van der Waals surface area contributed by atoms with Gasteiger partial charge in [-0.05, 0) is 19.3 Å². The van der Waals surface area contributed by atoms with Crippen molar-refractivity contribution in [1.29, 1.82) is 0 Å². The van der Waals surface area contributed by atoms with Crippen molar-refractivity contribution >= 4 is 12.6 Å². The van der Waals surface area contributed by atoms with Crippen molar-refractivity contribution in [3.8, 4) is 0 Å². The van der Waals surface area contributed by atoms with Crippen LogP contribution in [-0.4, -0.2) is 12.6 Å². The van der Waals surface area contributed by atoms with Crippen molar-refractivity contribution in [1.82, 2.24) is 0 Å². The predicted molar refractivity (Wildman–Crippen MR) is 46.6 cm³/mol. The van der Waals surface area contributed by atoms with Crippen LogP contribution < -0.4 is 0 Å². The summed E-state index contributed by atoms with van der Waals surface area (Å²) in [6.07, 6.45) is 4.83. The molecule has 0 aromatic heterocycles. The molecular weight excluding hydrogens is 152 g/mol. The molecule has 66 valence electrons. The topological polar surface area (TPSA) is 34.1 Å². The maximum Gasteiger partial charge on any atom is 0.127 e. The Morgan fingerprint density at radius 1 is 1.58 bits per heavy atom. The van der Waals surface area contributed by atoms with E-state index in [1.54, 1.807) is 0 Å². The highest BCUT2D eigenvalue weighted by Gasteiger charge is 2.30. The lowest BCUT2D eigenvalue weighted by atomic mass is 9.84. The van der Waals surface area contributed by atoms with Crippen molar-refractivity contribution in [2.45, 2.75) is 20.3 Å². The minimum Gasteiger partial charge on any atom is -0.303 e. The Kier molecular flexibility index (Phi) is 2.79. The van der Waals surface area contributed by atoms with Crippen molar-refractivity contribution in [3.63, 3.8) is 0 Å². The smallest absolute Gasteiger partial charge is 0.127 e. The molecule has 2 heteroatoms. The number of rotatable bonds is 3. The third kappa shape index (κ3) is 1.47. The second-order valence-corrected chi connectivity index (χ2v) is 3.50. The fourth-order valence-electron chi connectivity index (χ4n) is 1.79. The molecular formula is C10H14O2. The highest BCUT2D eigenvalue weighted by molar-refractivity contribution is 5.63. The van der Waals surface area contributed by atoms with Gasteiger partial charge in [-0.3, -0.25) is 0 Å². The quantitative estimate of drug-likeness (QED) is 0.471. The molecule has 0 amide bonds. The van der Waals surface area contributed by atoms with E-state index >= 15 is 0 Å². The zero-order chi connectivity index (χ0) is 9.14. The van der Waals surface area contributed by atoms with Crippen LogP contribution in [-0.2, 0) is 9.59 Å². The van der Waals surface area contributed by atoms with Crippen molar-refractivity contribution < 1.29 is 9.59 Å². The van der Waals surface area contributed by atoms with E-state index in [1.807, 2.05) is 13.8 Å². The molecule has 1 rings (SSSR count). The summed E-state index contributed by atoms with van der Waals surface area (Å²) in [5, 5.41) is 0. The van der Waals surface area contributed by atoms with Crippen LogP contribution >= 0.6 is 0 Å². The lowest BCUT2D eigenvalue weighted by molar-refractivity contribution is -0.114. The molecule has 0 saturated carbocycles. The Hall–Kier alpha value is -0.920. The monoisotopic (exact) mass is 166 g/mol. The Morgan fingerprint density at radius 3 is 2.75 bits per heavy atom. The van der Waals surface area contributed by atoms with E-state index in [0.717, 1.165) is 24.6 Å². The first-order valence-electron chi connectivity index (χ1n) is 4.28. The Balaban J connectivity index is 2.71. The third-order valence-corrected chi connectivity index (χ3v) is 2.74. The molecule has 1 aliphatic rings. The zero-order valence-corrected chi connectivity index (χ0v) is 7.49. The van der Waals surface area contributed by atoms with Crippen LogP contribution in [0.2, 0.25) is 0 Å². The molecule has 1 aliphatic carbocycles. The van der Waals surface area contributed by atoms with E-state index in [4.69, 9.17) is 0 Å². The maximum atomic E-state index is 10.7. The van der Waals surface area contributed by atoms with Crippen LogP contribution in [0.15, 0.2) is 11.6 Å². The van der Waals surface area contributed by atoms with E-state index in [1.165, 1.54) is 0 Å². The second kappa shape index (κ2) is 3.65. The lowest BCUT2D eigenvalue weighted by Gasteiger charge is -2.18. The average molecular weight is 166 g/mol. The van der Waals surface area contributed by atoms with Gasteiger partial charge in [-0.1, -0.05) is 18.6 Å². The third-order valence-electron chi connectivity index (χ3n) is 2.74. The normalized spacial score (nSPS) is 31.0. The van der Waals surface area contributed by atoms with Crippen molar-refractivity contribution in [2.75, 3.05) is 0 Å². The van der Waals surface area contributed by atoms with Crippen LogP contribution in [0.4, 0.5) is 0 Å². The predicted octanol–water partition coefficient (Wildman–Crippen LogP) is 1.60. The van der Waals surface area contributed by atoms with Gasteiger partial charge in [0.15, 0.2) is 0 Å².